The van der Waals surface area contributed by atoms with E-state index < -0.39 is 0 Å². The Morgan fingerprint density at radius 1 is 0.815 bits per heavy atom. The highest BCUT2D eigenvalue weighted by Gasteiger charge is 2.13. The van der Waals surface area contributed by atoms with Gasteiger partial charge in [-0.15, -0.1) is 0 Å². The Hall–Kier alpha value is -2.11. The van der Waals surface area contributed by atoms with Gasteiger partial charge in [0.15, 0.2) is 0 Å². The average molecular weight is 470 g/mol. The summed E-state index contributed by atoms with van der Waals surface area (Å²) in [7, 11) is 0. The van der Waals surface area contributed by atoms with E-state index in [0.29, 0.717) is 6.61 Å². The summed E-state index contributed by atoms with van der Waals surface area (Å²) in [5, 5.41) is 8.94. The minimum atomic E-state index is 0.0174. The van der Waals surface area contributed by atoms with Gasteiger partial charge in [0.2, 0.25) is 0 Å². The van der Waals surface area contributed by atoms with Crippen molar-refractivity contribution < 1.29 is 9.84 Å². The molecule has 138 valence electrons. The maximum absolute atomic E-state index is 8.94. The van der Waals surface area contributed by atoms with Crippen LogP contribution in [0.3, 0.4) is 0 Å². The highest BCUT2D eigenvalue weighted by molar-refractivity contribution is 14.1. The molecule has 0 bridgehead atoms. The van der Waals surface area contributed by atoms with Crippen LogP contribution in [0.5, 0.6) is 5.75 Å². The van der Waals surface area contributed by atoms with Crippen LogP contribution >= 0.6 is 22.6 Å². The van der Waals surface area contributed by atoms with Crippen molar-refractivity contribution in [3.05, 3.63) is 99.1 Å². The van der Waals surface area contributed by atoms with E-state index in [-0.39, 0.29) is 6.61 Å². The average Bonchev–Trinajstić information content (AvgIpc) is 2.72. The molecular formula is C24H23IO2. The summed E-state index contributed by atoms with van der Waals surface area (Å²) in [4.78, 5) is 0. The normalized spacial score (nSPS) is 11.8. The van der Waals surface area contributed by atoms with Crippen molar-refractivity contribution in [2.24, 2.45) is 0 Å². The Morgan fingerprint density at radius 2 is 1.41 bits per heavy atom. The van der Waals surface area contributed by atoms with Crippen molar-refractivity contribution in [1.82, 2.24) is 0 Å². The smallest absolute Gasteiger partial charge is 0.119 e. The number of aliphatic hydroxyl groups excluding tert-OH is 1. The molecule has 0 radical (unpaired) electrons. The summed E-state index contributed by atoms with van der Waals surface area (Å²) < 4.78 is 6.74. The fraction of sp³-hybridized carbons (Fsp3) is 0.167. The SMILES string of the molecule is CC/C(=C(\c1ccc(I)cc1)c1ccc(OCCO)cc1)c1ccccc1. The van der Waals surface area contributed by atoms with E-state index in [1.54, 1.807) is 0 Å². The van der Waals surface area contributed by atoms with Crippen LogP contribution in [0.15, 0.2) is 78.9 Å². The summed E-state index contributed by atoms with van der Waals surface area (Å²) >= 11 is 2.34. The summed E-state index contributed by atoms with van der Waals surface area (Å²) in [6, 6.07) is 27.4. The second-order valence-electron chi connectivity index (χ2n) is 6.18. The van der Waals surface area contributed by atoms with Gasteiger partial charge >= 0.3 is 0 Å². The van der Waals surface area contributed by atoms with E-state index in [9.17, 15) is 0 Å². The number of hydrogen-bond donors (Lipinski definition) is 1. The van der Waals surface area contributed by atoms with Gasteiger partial charge in [-0.1, -0.05) is 61.5 Å². The van der Waals surface area contributed by atoms with Crippen molar-refractivity contribution in [1.29, 1.82) is 0 Å². The van der Waals surface area contributed by atoms with Gasteiger partial charge in [-0.05, 0) is 81.1 Å². The maximum Gasteiger partial charge on any atom is 0.119 e. The van der Waals surface area contributed by atoms with E-state index in [1.165, 1.54) is 25.8 Å². The highest BCUT2D eigenvalue weighted by Crippen LogP contribution is 2.35. The van der Waals surface area contributed by atoms with Gasteiger partial charge in [0, 0.05) is 3.57 Å². The lowest BCUT2D eigenvalue weighted by molar-refractivity contribution is 0.201. The third-order valence-electron chi connectivity index (χ3n) is 4.41. The van der Waals surface area contributed by atoms with Gasteiger partial charge < -0.3 is 9.84 Å². The number of benzene rings is 3. The van der Waals surface area contributed by atoms with Crippen LogP contribution in [0.1, 0.15) is 30.0 Å². The van der Waals surface area contributed by atoms with Gasteiger partial charge in [0.05, 0.1) is 6.61 Å². The second kappa shape index (κ2) is 9.72. The first-order chi connectivity index (χ1) is 13.2. The predicted molar refractivity (Wildman–Crippen MR) is 121 cm³/mol. The number of halogens is 1. The fourth-order valence-electron chi connectivity index (χ4n) is 3.18. The second-order valence-corrected chi connectivity index (χ2v) is 7.42. The first-order valence-electron chi connectivity index (χ1n) is 9.11. The monoisotopic (exact) mass is 470 g/mol. The molecule has 0 saturated heterocycles. The Balaban J connectivity index is 2.13. The number of hydrogen-bond acceptors (Lipinski definition) is 2. The molecule has 0 fully saturated rings. The Kier molecular flexibility index (Phi) is 7.07. The Bertz CT molecular complexity index is 882. The molecule has 0 spiro atoms. The van der Waals surface area contributed by atoms with Crippen LogP contribution in [0.2, 0.25) is 0 Å². The molecule has 0 saturated carbocycles. The third kappa shape index (κ3) is 4.99. The predicted octanol–water partition coefficient (Wildman–Crippen LogP) is 6.03. The molecule has 27 heavy (non-hydrogen) atoms. The summed E-state index contributed by atoms with van der Waals surface area (Å²) in [5.41, 5.74) is 6.18. The molecule has 0 aliphatic rings. The summed E-state index contributed by atoms with van der Waals surface area (Å²) in [6.45, 7) is 2.53. The molecule has 0 aliphatic heterocycles. The molecule has 3 aromatic rings. The third-order valence-corrected chi connectivity index (χ3v) is 5.13. The lowest BCUT2D eigenvalue weighted by atomic mass is 9.88. The fourth-order valence-corrected chi connectivity index (χ4v) is 3.54. The van der Waals surface area contributed by atoms with Crippen LogP contribution in [0.4, 0.5) is 0 Å². The van der Waals surface area contributed by atoms with E-state index in [1.807, 2.05) is 12.1 Å². The molecule has 0 aliphatic carbocycles. The number of allylic oxidation sites excluding steroid dienone is 1. The molecule has 3 aromatic carbocycles. The molecule has 0 atom stereocenters. The Morgan fingerprint density at radius 3 is 1.96 bits per heavy atom. The largest absolute Gasteiger partial charge is 0.491 e. The number of ether oxygens (including phenoxy) is 1. The van der Waals surface area contributed by atoms with Gasteiger partial charge in [0.25, 0.3) is 0 Å². The van der Waals surface area contributed by atoms with Crippen molar-refractivity contribution in [2.75, 3.05) is 13.2 Å². The topological polar surface area (TPSA) is 29.5 Å². The zero-order valence-corrected chi connectivity index (χ0v) is 17.5. The van der Waals surface area contributed by atoms with Crippen molar-refractivity contribution >= 4 is 33.7 Å². The molecular weight excluding hydrogens is 447 g/mol. The van der Waals surface area contributed by atoms with Crippen molar-refractivity contribution in [3.63, 3.8) is 0 Å². The standard InChI is InChI=1S/C24H23IO2/c1-2-23(18-6-4-3-5-7-18)24(19-8-12-21(25)13-9-19)20-10-14-22(15-11-20)27-17-16-26/h3-15,26H,2,16-17H2,1H3/b24-23-. The minimum Gasteiger partial charge on any atom is -0.491 e. The van der Waals surface area contributed by atoms with Gasteiger partial charge in [-0.2, -0.15) is 0 Å². The van der Waals surface area contributed by atoms with Crippen LogP contribution in [-0.2, 0) is 0 Å². The lowest BCUT2D eigenvalue weighted by Crippen LogP contribution is -2.01. The number of aliphatic hydroxyl groups is 1. The molecule has 0 aromatic heterocycles. The van der Waals surface area contributed by atoms with Crippen LogP contribution in [0, 0.1) is 3.57 Å². The first-order valence-corrected chi connectivity index (χ1v) is 10.2. The maximum atomic E-state index is 8.94. The van der Waals surface area contributed by atoms with Crippen LogP contribution < -0.4 is 4.74 Å². The van der Waals surface area contributed by atoms with E-state index in [2.05, 4.69) is 96.2 Å². The van der Waals surface area contributed by atoms with Crippen molar-refractivity contribution in [2.45, 2.75) is 13.3 Å². The van der Waals surface area contributed by atoms with Crippen molar-refractivity contribution in [3.8, 4) is 5.75 Å². The van der Waals surface area contributed by atoms with Gasteiger partial charge in [-0.3, -0.25) is 0 Å². The minimum absolute atomic E-state index is 0.0174. The van der Waals surface area contributed by atoms with E-state index in [4.69, 9.17) is 9.84 Å². The molecule has 0 amide bonds. The van der Waals surface area contributed by atoms with E-state index >= 15 is 0 Å². The van der Waals surface area contributed by atoms with Gasteiger partial charge in [0.1, 0.15) is 12.4 Å². The first kappa shape index (κ1) is 19.6. The van der Waals surface area contributed by atoms with Crippen LogP contribution in [0.25, 0.3) is 11.1 Å². The van der Waals surface area contributed by atoms with Gasteiger partial charge in [-0.25, -0.2) is 0 Å². The molecule has 3 rings (SSSR count). The zero-order chi connectivity index (χ0) is 19.1. The zero-order valence-electron chi connectivity index (χ0n) is 15.4. The summed E-state index contributed by atoms with van der Waals surface area (Å²) in [5.74, 6) is 0.771. The summed E-state index contributed by atoms with van der Waals surface area (Å²) in [6.07, 6.45) is 0.939. The molecule has 1 N–H and O–H groups in total. The van der Waals surface area contributed by atoms with E-state index in [0.717, 1.165) is 17.7 Å². The number of rotatable bonds is 7. The molecule has 0 heterocycles. The molecule has 3 heteroatoms. The highest BCUT2D eigenvalue weighted by atomic mass is 127. The lowest BCUT2D eigenvalue weighted by Gasteiger charge is -2.17. The quantitative estimate of drug-likeness (QED) is 0.338. The molecule has 0 unspecified atom stereocenters. The molecule has 2 nitrogen and oxygen atoms in total. The van der Waals surface area contributed by atoms with Crippen LogP contribution in [-0.4, -0.2) is 18.3 Å². The Labute approximate surface area is 174 Å².